The van der Waals surface area contributed by atoms with Crippen molar-refractivity contribution in [2.24, 2.45) is 0 Å². The zero-order valence-electron chi connectivity index (χ0n) is 8.41. The van der Waals surface area contributed by atoms with Gasteiger partial charge in [-0.15, -0.1) is 0 Å². The van der Waals surface area contributed by atoms with Gasteiger partial charge in [0, 0.05) is 17.5 Å². The third-order valence-corrected chi connectivity index (χ3v) is 2.40. The van der Waals surface area contributed by atoms with Crippen LogP contribution in [0.15, 0.2) is 33.5 Å². The predicted molar refractivity (Wildman–Crippen MR) is 60.9 cm³/mol. The molecule has 0 aliphatic rings. The summed E-state index contributed by atoms with van der Waals surface area (Å²) in [6.45, 7) is 0. The van der Waals surface area contributed by atoms with Crippen LogP contribution in [0.2, 0.25) is 5.02 Å². The van der Waals surface area contributed by atoms with Crippen molar-refractivity contribution < 1.29 is 9.21 Å². The molecule has 1 heterocycles. The van der Waals surface area contributed by atoms with Gasteiger partial charge in [0.15, 0.2) is 0 Å². The van der Waals surface area contributed by atoms with Crippen LogP contribution in [0, 0.1) is 0 Å². The van der Waals surface area contributed by atoms with Gasteiger partial charge in [-0.25, -0.2) is 4.79 Å². The first-order chi connectivity index (χ1) is 7.61. The van der Waals surface area contributed by atoms with Gasteiger partial charge in [-0.05, 0) is 24.3 Å². The highest BCUT2D eigenvalue weighted by Crippen LogP contribution is 2.18. The van der Waals surface area contributed by atoms with Gasteiger partial charge >= 0.3 is 5.63 Å². The Morgan fingerprint density at radius 2 is 2.12 bits per heavy atom. The second kappa shape index (κ2) is 3.98. The molecule has 1 N–H and O–H groups in total. The lowest BCUT2D eigenvalue weighted by atomic mass is 10.2. The number of halogens is 1. The summed E-state index contributed by atoms with van der Waals surface area (Å²) >= 11 is 5.80. The van der Waals surface area contributed by atoms with Gasteiger partial charge < -0.3 is 9.73 Å². The fourth-order valence-corrected chi connectivity index (χ4v) is 1.57. The maximum Gasteiger partial charge on any atom is 0.349 e. The van der Waals surface area contributed by atoms with Gasteiger partial charge in [-0.1, -0.05) is 11.6 Å². The molecule has 0 unspecified atom stereocenters. The number of carbonyl (C=O) groups excluding carboxylic acids is 1. The highest BCUT2D eigenvalue weighted by Gasteiger charge is 2.11. The Kier molecular flexibility index (Phi) is 2.66. The first-order valence-corrected chi connectivity index (χ1v) is 4.95. The van der Waals surface area contributed by atoms with Crippen LogP contribution >= 0.6 is 11.6 Å². The number of carbonyl (C=O) groups is 1. The van der Waals surface area contributed by atoms with Crippen LogP contribution in [-0.4, -0.2) is 13.0 Å². The van der Waals surface area contributed by atoms with E-state index in [1.54, 1.807) is 18.2 Å². The van der Waals surface area contributed by atoms with E-state index in [0.717, 1.165) is 0 Å². The van der Waals surface area contributed by atoms with Crippen molar-refractivity contribution in [3.63, 3.8) is 0 Å². The third kappa shape index (κ3) is 1.79. The molecule has 2 aromatic rings. The average Bonchev–Trinajstić information content (AvgIpc) is 2.28. The Morgan fingerprint density at radius 3 is 2.81 bits per heavy atom. The second-order valence-corrected chi connectivity index (χ2v) is 3.65. The molecule has 0 aliphatic carbocycles. The molecule has 16 heavy (non-hydrogen) atoms. The normalized spacial score (nSPS) is 10.4. The third-order valence-electron chi connectivity index (χ3n) is 2.17. The summed E-state index contributed by atoms with van der Waals surface area (Å²) < 4.78 is 5.00. The average molecular weight is 238 g/mol. The molecular weight excluding hydrogens is 230 g/mol. The van der Waals surface area contributed by atoms with Crippen molar-refractivity contribution >= 4 is 28.5 Å². The Bertz CT molecular complexity index is 618. The summed E-state index contributed by atoms with van der Waals surface area (Å²) in [6.07, 6.45) is 0. The van der Waals surface area contributed by atoms with E-state index < -0.39 is 11.5 Å². The van der Waals surface area contributed by atoms with Crippen molar-refractivity contribution in [1.82, 2.24) is 5.32 Å². The molecule has 0 saturated carbocycles. The summed E-state index contributed by atoms with van der Waals surface area (Å²) in [5, 5.41) is 3.50. The quantitative estimate of drug-likeness (QED) is 0.770. The molecule has 0 aliphatic heterocycles. The van der Waals surface area contributed by atoms with Crippen LogP contribution in [0.5, 0.6) is 0 Å². The van der Waals surface area contributed by atoms with E-state index in [-0.39, 0.29) is 5.56 Å². The number of amides is 1. The number of hydrogen-bond acceptors (Lipinski definition) is 3. The summed E-state index contributed by atoms with van der Waals surface area (Å²) in [4.78, 5) is 22.8. The van der Waals surface area contributed by atoms with Gasteiger partial charge in [0.2, 0.25) is 0 Å². The van der Waals surface area contributed by atoms with Crippen molar-refractivity contribution in [2.45, 2.75) is 0 Å². The Morgan fingerprint density at radius 1 is 1.38 bits per heavy atom. The van der Waals surface area contributed by atoms with Crippen LogP contribution in [-0.2, 0) is 0 Å². The monoisotopic (exact) mass is 237 g/mol. The smallest absolute Gasteiger partial charge is 0.349 e. The molecule has 0 spiro atoms. The van der Waals surface area contributed by atoms with E-state index in [9.17, 15) is 9.59 Å². The van der Waals surface area contributed by atoms with Crippen LogP contribution < -0.4 is 10.9 Å². The van der Waals surface area contributed by atoms with Crippen LogP contribution in [0.3, 0.4) is 0 Å². The van der Waals surface area contributed by atoms with Crippen LogP contribution in [0.4, 0.5) is 0 Å². The largest absolute Gasteiger partial charge is 0.422 e. The summed E-state index contributed by atoms with van der Waals surface area (Å²) in [7, 11) is 1.45. The van der Waals surface area contributed by atoms with Gasteiger partial charge in [0.25, 0.3) is 5.91 Å². The molecule has 1 amide bonds. The van der Waals surface area contributed by atoms with Crippen molar-refractivity contribution in [3.8, 4) is 0 Å². The standard InChI is InChI=1S/C11H8ClNO3/c1-13-10(14)8-5-6-4-7(12)2-3-9(6)16-11(8)15/h2-5H,1H3,(H,13,14). The number of rotatable bonds is 1. The fourth-order valence-electron chi connectivity index (χ4n) is 1.39. The predicted octanol–water partition coefficient (Wildman–Crippen LogP) is 1.81. The second-order valence-electron chi connectivity index (χ2n) is 3.21. The van der Waals surface area contributed by atoms with E-state index in [1.807, 2.05) is 0 Å². The highest BCUT2D eigenvalue weighted by atomic mass is 35.5. The van der Waals surface area contributed by atoms with Gasteiger partial charge in [0.1, 0.15) is 11.1 Å². The number of hydrogen-bond donors (Lipinski definition) is 1. The minimum absolute atomic E-state index is 0.0303. The van der Waals surface area contributed by atoms with Gasteiger partial charge in [-0.3, -0.25) is 4.79 Å². The maximum atomic E-state index is 11.5. The Hall–Kier alpha value is -1.81. The molecule has 5 heteroatoms. The van der Waals surface area contributed by atoms with Crippen molar-refractivity contribution in [3.05, 3.63) is 45.3 Å². The molecule has 0 saturated heterocycles. The zero-order chi connectivity index (χ0) is 11.7. The lowest BCUT2D eigenvalue weighted by Gasteiger charge is -2.01. The molecule has 82 valence electrons. The Balaban J connectivity index is 2.74. The molecule has 0 radical (unpaired) electrons. The molecular formula is C11H8ClNO3. The van der Waals surface area contributed by atoms with Gasteiger partial charge in [0.05, 0.1) is 0 Å². The lowest BCUT2D eigenvalue weighted by Crippen LogP contribution is -2.24. The highest BCUT2D eigenvalue weighted by molar-refractivity contribution is 6.31. The SMILES string of the molecule is CNC(=O)c1cc2cc(Cl)ccc2oc1=O. The summed E-state index contributed by atoms with van der Waals surface area (Å²) in [6, 6.07) is 6.30. The van der Waals surface area contributed by atoms with Crippen molar-refractivity contribution in [2.75, 3.05) is 7.05 Å². The van der Waals surface area contributed by atoms with Gasteiger partial charge in [-0.2, -0.15) is 0 Å². The molecule has 4 nitrogen and oxygen atoms in total. The molecule has 1 aromatic heterocycles. The summed E-state index contributed by atoms with van der Waals surface area (Å²) in [5.41, 5.74) is -0.284. The van der Waals surface area contributed by atoms with E-state index >= 15 is 0 Å². The minimum atomic E-state index is -0.658. The molecule has 0 atom stereocenters. The molecule has 0 fully saturated rings. The number of benzene rings is 1. The molecule has 1 aromatic carbocycles. The van der Waals surface area contributed by atoms with Crippen LogP contribution in [0.1, 0.15) is 10.4 Å². The topological polar surface area (TPSA) is 59.3 Å². The van der Waals surface area contributed by atoms with E-state index in [0.29, 0.717) is 16.0 Å². The van der Waals surface area contributed by atoms with E-state index in [1.165, 1.54) is 13.1 Å². The number of nitrogens with one attached hydrogen (secondary N) is 1. The Labute approximate surface area is 95.8 Å². The first-order valence-electron chi connectivity index (χ1n) is 4.57. The first kappa shape index (κ1) is 10.7. The molecule has 0 bridgehead atoms. The summed E-state index contributed by atoms with van der Waals surface area (Å²) in [5.74, 6) is -0.476. The van der Waals surface area contributed by atoms with Crippen molar-refractivity contribution in [1.29, 1.82) is 0 Å². The fraction of sp³-hybridized carbons (Fsp3) is 0.0909. The lowest BCUT2D eigenvalue weighted by molar-refractivity contribution is 0.0959. The van der Waals surface area contributed by atoms with E-state index in [2.05, 4.69) is 5.32 Å². The minimum Gasteiger partial charge on any atom is -0.422 e. The molecule has 2 rings (SSSR count). The van der Waals surface area contributed by atoms with E-state index in [4.69, 9.17) is 16.0 Å². The maximum absolute atomic E-state index is 11.5. The number of fused-ring (bicyclic) bond motifs is 1. The van der Waals surface area contributed by atoms with Crippen LogP contribution in [0.25, 0.3) is 11.0 Å². The zero-order valence-corrected chi connectivity index (χ0v) is 9.17.